The molecule has 3 aromatic rings. The summed E-state index contributed by atoms with van der Waals surface area (Å²) in [5.41, 5.74) is 1.67. The first-order valence-corrected chi connectivity index (χ1v) is 8.21. The lowest BCUT2D eigenvalue weighted by Crippen LogP contribution is -2.27. The molecule has 1 atom stereocenters. The fourth-order valence-corrected chi connectivity index (χ4v) is 2.86. The van der Waals surface area contributed by atoms with Crippen LogP contribution in [-0.2, 0) is 0 Å². The zero-order valence-electron chi connectivity index (χ0n) is 14.0. The minimum absolute atomic E-state index is 0.0767. The summed E-state index contributed by atoms with van der Waals surface area (Å²) in [7, 11) is 0. The Morgan fingerprint density at radius 2 is 1.71 bits per heavy atom. The highest BCUT2D eigenvalue weighted by atomic mass is 16.5. The van der Waals surface area contributed by atoms with Crippen LogP contribution in [0.3, 0.4) is 0 Å². The monoisotopic (exact) mass is 319 g/mol. The number of amides is 1. The summed E-state index contributed by atoms with van der Waals surface area (Å²) >= 11 is 0. The average Bonchev–Trinajstić information content (AvgIpc) is 2.62. The second-order valence-electron chi connectivity index (χ2n) is 5.70. The molecule has 0 radical (unpaired) electrons. The van der Waals surface area contributed by atoms with Crippen LogP contribution < -0.4 is 10.1 Å². The molecule has 3 aromatic carbocycles. The first kappa shape index (κ1) is 16.1. The highest BCUT2D eigenvalue weighted by Gasteiger charge is 2.18. The predicted molar refractivity (Wildman–Crippen MR) is 97.4 cm³/mol. The molecular formula is C21H21NO2. The average molecular weight is 319 g/mol. The van der Waals surface area contributed by atoms with Crippen molar-refractivity contribution < 1.29 is 9.53 Å². The zero-order valence-corrected chi connectivity index (χ0v) is 14.0. The summed E-state index contributed by atoms with van der Waals surface area (Å²) in [5, 5.41) is 5.01. The fraction of sp³-hybridized carbons (Fsp3) is 0.190. The molecule has 122 valence electrons. The van der Waals surface area contributed by atoms with Crippen molar-refractivity contribution in [2.24, 2.45) is 0 Å². The van der Waals surface area contributed by atoms with Gasteiger partial charge in [0.05, 0.1) is 18.2 Å². The van der Waals surface area contributed by atoms with Gasteiger partial charge >= 0.3 is 0 Å². The molecule has 1 amide bonds. The minimum atomic E-state index is -0.119. The van der Waals surface area contributed by atoms with Crippen LogP contribution in [0.25, 0.3) is 10.8 Å². The Bertz CT molecular complexity index is 843. The van der Waals surface area contributed by atoms with E-state index >= 15 is 0 Å². The lowest BCUT2D eigenvalue weighted by Gasteiger charge is -2.17. The Balaban J connectivity index is 1.97. The van der Waals surface area contributed by atoms with E-state index in [1.165, 1.54) is 0 Å². The number of carbonyl (C=O) groups excluding carboxylic acids is 1. The van der Waals surface area contributed by atoms with E-state index < -0.39 is 0 Å². The number of hydrogen-bond acceptors (Lipinski definition) is 2. The molecule has 3 nitrogen and oxygen atoms in total. The van der Waals surface area contributed by atoms with Gasteiger partial charge in [0, 0.05) is 0 Å². The molecule has 0 aliphatic heterocycles. The summed E-state index contributed by atoms with van der Waals surface area (Å²) in [5.74, 6) is 0.501. The third kappa shape index (κ3) is 3.25. The maximum atomic E-state index is 12.9. The molecule has 0 spiro atoms. The number of carbonyl (C=O) groups is 1. The molecular weight excluding hydrogens is 298 g/mol. The van der Waals surface area contributed by atoms with Gasteiger partial charge in [-0.1, -0.05) is 60.7 Å². The highest BCUT2D eigenvalue weighted by Crippen LogP contribution is 2.29. The third-order valence-electron chi connectivity index (χ3n) is 4.06. The van der Waals surface area contributed by atoms with Crippen molar-refractivity contribution in [3.8, 4) is 5.75 Å². The van der Waals surface area contributed by atoms with Crippen molar-refractivity contribution in [2.75, 3.05) is 6.61 Å². The van der Waals surface area contributed by atoms with Gasteiger partial charge in [0.25, 0.3) is 5.91 Å². The lowest BCUT2D eigenvalue weighted by atomic mass is 10.0. The van der Waals surface area contributed by atoms with Gasteiger partial charge in [-0.2, -0.15) is 0 Å². The molecule has 0 fully saturated rings. The maximum absolute atomic E-state index is 12.9. The van der Waals surface area contributed by atoms with E-state index in [0.29, 0.717) is 17.9 Å². The maximum Gasteiger partial charge on any atom is 0.256 e. The quantitative estimate of drug-likeness (QED) is 0.738. The van der Waals surface area contributed by atoms with Gasteiger partial charge in [-0.25, -0.2) is 0 Å². The molecule has 3 rings (SSSR count). The zero-order chi connectivity index (χ0) is 16.9. The van der Waals surface area contributed by atoms with Crippen molar-refractivity contribution in [1.82, 2.24) is 5.32 Å². The third-order valence-corrected chi connectivity index (χ3v) is 4.06. The van der Waals surface area contributed by atoms with Crippen LogP contribution in [0.5, 0.6) is 5.75 Å². The minimum Gasteiger partial charge on any atom is -0.493 e. The first-order valence-electron chi connectivity index (χ1n) is 8.21. The Hall–Kier alpha value is -2.81. The Morgan fingerprint density at radius 3 is 2.46 bits per heavy atom. The number of benzene rings is 3. The topological polar surface area (TPSA) is 38.3 Å². The molecule has 0 bridgehead atoms. The van der Waals surface area contributed by atoms with Crippen molar-refractivity contribution >= 4 is 16.7 Å². The van der Waals surface area contributed by atoms with Crippen LogP contribution in [0, 0.1) is 0 Å². The summed E-state index contributed by atoms with van der Waals surface area (Å²) in [6, 6.07) is 21.6. The van der Waals surface area contributed by atoms with E-state index in [1.54, 1.807) is 0 Å². The van der Waals surface area contributed by atoms with Crippen LogP contribution in [0.15, 0.2) is 66.7 Å². The van der Waals surface area contributed by atoms with Crippen LogP contribution in [-0.4, -0.2) is 12.5 Å². The van der Waals surface area contributed by atoms with Crippen LogP contribution in [0.4, 0.5) is 0 Å². The molecule has 0 saturated heterocycles. The van der Waals surface area contributed by atoms with E-state index in [-0.39, 0.29) is 11.9 Å². The number of ether oxygens (including phenoxy) is 1. The van der Waals surface area contributed by atoms with Crippen LogP contribution in [0.1, 0.15) is 35.8 Å². The van der Waals surface area contributed by atoms with E-state index in [2.05, 4.69) is 5.32 Å². The van der Waals surface area contributed by atoms with Crippen molar-refractivity contribution in [3.05, 3.63) is 77.9 Å². The fourth-order valence-electron chi connectivity index (χ4n) is 2.86. The van der Waals surface area contributed by atoms with Crippen LogP contribution >= 0.6 is 0 Å². The Kier molecular flexibility index (Phi) is 4.80. The number of rotatable bonds is 5. The normalized spacial score (nSPS) is 11.9. The molecule has 1 N–H and O–H groups in total. The number of nitrogens with one attached hydrogen (secondary N) is 1. The van der Waals surface area contributed by atoms with E-state index in [1.807, 2.05) is 80.6 Å². The van der Waals surface area contributed by atoms with Gasteiger partial charge in [0.2, 0.25) is 0 Å². The van der Waals surface area contributed by atoms with Gasteiger partial charge in [0.1, 0.15) is 5.75 Å². The largest absolute Gasteiger partial charge is 0.493 e. The van der Waals surface area contributed by atoms with Crippen LogP contribution in [0.2, 0.25) is 0 Å². The molecule has 0 aromatic heterocycles. The molecule has 24 heavy (non-hydrogen) atoms. The lowest BCUT2D eigenvalue weighted by molar-refractivity contribution is 0.0938. The summed E-state index contributed by atoms with van der Waals surface area (Å²) in [6.45, 7) is 4.43. The predicted octanol–water partition coefficient (Wildman–Crippen LogP) is 4.73. The van der Waals surface area contributed by atoms with E-state index in [9.17, 15) is 4.79 Å². The SMILES string of the molecule is CCOc1ccc2ccccc2c1C(=O)N[C@@H](C)c1ccccc1. The van der Waals surface area contributed by atoms with Gasteiger partial charge in [0.15, 0.2) is 0 Å². The highest BCUT2D eigenvalue weighted by molar-refractivity contribution is 6.09. The summed E-state index contributed by atoms with van der Waals surface area (Å²) in [6.07, 6.45) is 0. The van der Waals surface area contributed by atoms with Gasteiger partial charge in [-0.3, -0.25) is 4.79 Å². The summed E-state index contributed by atoms with van der Waals surface area (Å²) < 4.78 is 5.69. The molecule has 0 saturated carbocycles. The van der Waals surface area contributed by atoms with E-state index in [4.69, 9.17) is 4.74 Å². The van der Waals surface area contributed by atoms with Crippen molar-refractivity contribution in [3.63, 3.8) is 0 Å². The van der Waals surface area contributed by atoms with E-state index in [0.717, 1.165) is 16.3 Å². The van der Waals surface area contributed by atoms with Crippen molar-refractivity contribution in [1.29, 1.82) is 0 Å². The molecule has 3 heteroatoms. The molecule has 0 aliphatic rings. The second-order valence-corrected chi connectivity index (χ2v) is 5.70. The number of hydrogen-bond donors (Lipinski definition) is 1. The summed E-state index contributed by atoms with van der Waals surface area (Å²) in [4.78, 5) is 12.9. The Morgan fingerprint density at radius 1 is 1.00 bits per heavy atom. The standard InChI is InChI=1S/C21H21NO2/c1-3-24-19-14-13-17-11-7-8-12-18(17)20(19)21(23)22-15(2)16-9-5-4-6-10-16/h4-15H,3H2,1-2H3,(H,22,23)/t15-/m0/s1. The molecule has 0 heterocycles. The smallest absolute Gasteiger partial charge is 0.256 e. The second kappa shape index (κ2) is 7.18. The van der Waals surface area contributed by atoms with Gasteiger partial charge in [-0.05, 0) is 36.2 Å². The van der Waals surface area contributed by atoms with Gasteiger partial charge < -0.3 is 10.1 Å². The molecule has 0 unspecified atom stereocenters. The Labute approximate surface area is 142 Å². The van der Waals surface area contributed by atoms with Gasteiger partial charge in [-0.15, -0.1) is 0 Å². The first-order chi connectivity index (χ1) is 11.7. The van der Waals surface area contributed by atoms with Crippen molar-refractivity contribution in [2.45, 2.75) is 19.9 Å². The number of fused-ring (bicyclic) bond motifs is 1. The molecule has 0 aliphatic carbocycles.